The minimum Gasteiger partial charge on any atom is -0.494 e. The number of rotatable bonds is 6. The topological polar surface area (TPSA) is 96.9 Å². The van der Waals surface area contributed by atoms with E-state index in [0.29, 0.717) is 17.9 Å². The van der Waals surface area contributed by atoms with Crippen molar-refractivity contribution >= 4 is 11.7 Å². The van der Waals surface area contributed by atoms with E-state index in [2.05, 4.69) is 10.5 Å². The van der Waals surface area contributed by atoms with Gasteiger partial charge in [0.05, 0.1) is 12.6 Å². The number of carbonyl (C=O) groups is 1. The summed E-state index contributed by atoms with van der Waals surface area (Å²) >= 11 is 0. The van der Waals surface area contributed by atoms with E-state index in [-0.39, 0.29) is 17.7 Å². The van der Waals surface area contributed by atoms with Crippen LogP contribution in [0.2, 0.25) is 0 Å². The van der Waals surface area contributed by atoms with Crippen molar-refractivity contribution < 1.29 is 14.7 Å². The van der Waals surface area contributed by atoms with E-state index in [4.69, 9.17) is 15.7 Å². The summed E-state index contributed by atoms with van der Waals surface area (Å²) in [4.78, 5) is 12.1. The van der Waals surface area contributed by atoms with E-state index in [9.17, 15) is 4.79 Å². The second-order valence-electron chi connectivity index (χ2n) is 4.68. The number of carbonyl (C=O) groups excluding carboxylic acids is 1. The summed E-state index contributed by atoms with van der Waals surface area (Å²) in [7, 11) is 0. The molecule has 6 nitrogen and oxygen atoms in total. The van der Waals surface area contributed by atoms with Crippen LogP contribution in [0.3, 0.4) is 0 Å². The number of amidine groups is 1. The van der Waals surface area contributed by atoms with Crippen LogP contribution >= 0.6 is 0 Å². The Morgan fingerprint density at radius 3 is 2.45 bits per heavy atom. The van der Waals surface area contributed by atoms with Crippen LogP contribution in [0.5, 0.6) is 5.75 Å². The van der Waals surface area contributed by atoms with Gasteiger partial charge in [-0.15, -0.1) is 0 Å². The largest absolute Gasteiger partial charge is 0.494 e. The molecule has 1 aromatic carbocycles. The van der Waals surface area contributed by atoms with Gasteiger partial charge in [-0.1, -0.05) is 19.0 Å². The zero-order chi connectivity index (χ0) is 15.1. The van der Waals surface area contributed by atoms with Gasteiger partial charge in [0.15, 0.2) is 5.84 Å². The molecule has 110 valence electrons. The summed E-state index contributed by atoms with van der Waals surface area (Å²) in [5.74, 6) is 0.427. The highest BCUT2D eigenvalue weighted by Gasteiger charge is 2.21. The van der Waals surface area contributed by atoms with Gasteiger partial charge < -0.3 is 21.0 Å². The maximum Gasteiger partial charge on any atom is 0.251 e. The first-order valence-electron chi connectivity index (χ1n) is 6.50. The summed E-state index contributed by atoms with van der Waals surface area (Å²) in [5, 5.41) is 14.4. The summed E-state index contributed by atoms with van der Waals surface area (Å²) in [6.07, 6.45) is 0. The maximum atomic E-state index is 12.1. The molecule has 0 saturated carbocycles. The van der Waals surface area contributed by atoms with Crippen molar-refractivity contribution in [3.8, 4) is 5.75 Å². The van der Waals surface area contributed by atoms with E-state index in [1.807, 2.05) is 20.8 Å². The number of hydrogen-bond donors (Lipinski definition) is 3. The normalized spacial score (nSPS) is 13.1. The molecule has 0 bridgehead atoms. The van der Waals surface area contributed by atoms with Gasteiger partial charge in [0.2, 0.25) is 0 Å². The minimum absolute atomic E-state index is 0.0116. The van der Waals surface area contributed by atoms with Crippen LogP contribution in [0.15, 0.2) is 29.4 Å². The Kier molecular flexibility index (Phi) is 5.83. The molecule has 0 spiro atoms. The molecule has 20 heavy (non-hydrogen) atoms. The zero-order valence-corrected chi connectivity index (χ0v) is 12.0. The fourth-order valence-corrected chi connectivity index (χ4v) is 1.74. The van der Waals surface area contributed by atoms with Crippen LogP contribution in [-0.4, -0.2) is 29.6 Å². The van der Waals surface area contributed by atoms with Gasteiger partial charge in [0.1, 0.15) is 5.75 Å². The molecule has 1 aromatic rings. The summed E-state index contributed by atoms with van der Waals surface area (Å²) in [5.41, 5.74) is 6.06. The lowest BCUT2D eigenvalue weighted by Crippen LogP contribution is -2.47. The molecular formula is C14H21N3O3. The molecule has 6 heteroatoms. The Morgan fingerprint density at radius 1 is 1.40 bits per heavy atom. The molecule has 0 heterocycles. The third-order valence-electron chi connectivity index (χ3n) is 2.81. The van der Waals surface area contributed by atoms with Crippen LogP contribution in [0.1, 0.15) is 31.1 Å². The van der Waals surface area contributed by atoms with E-state index < -0.39 is 6.04 Å². The Bertz CT molecular complexity index is 469. The number of benzene rings is 1. The van der Waals surface area contributed by atoms with Gasteiger partial charge in [-0.3, -0.25) is 4.79 Å². The van der Waals surface area contributed by atoms with Gasteiger partial charge in [-0.25, -0.2) is 0 Å². The van der Waals surface area contributed by atoms with Crippen molar-refractivity contribution in [2.75, 3.05) is 6.61 Å². The fraction of sp³-hybridized carbons (Fsp3) is 0.429. The molecule has 0 radical (unpaired) electrons. The van der Waals surface area contributed by atoms with Crippen LogP contribution in [0, 0.1) is 5.92 Å². The van der Waals surface area contributed by atoms with Gasteiger partial charge in [0.25, 0.3) is 5.91 Å². The van der Waals surface area contributed by atoms with Crippen LogP contribution < -0.4 is 15.8 Å². The Balaban J connectivity index is 2.78. The zero-order valence-electron chi connectivity index (χ0n) is 12.0. The number of hydrogen-bond acceptors (Lipinski definition) is 4. The average molecular weight is 279 g/mol. The molecule has 0 fully saturated rings. The van der Waals surface area contributed by atoms with Crippen molar-refractivity contribution in [3.05, 3.63) is 29.8 Å². The van der Waals surface area contributed by atoms with Crippen LogP contribution in [0.25, 0.3) is 0 Å². The van der Waals surface area contributed by atoms with Gasteiger partial charge in [0, 0.05) is 5.56 Å². The summed E-state index contributed by atoms with van der Waals surface area (Å²) in [6.45, 7) is 6.22. The highest BCUT2D eigenvalue weighted by atomic mass is 16.5. The van der Waals surface area contributed by atoms with Crippen molar-refractivity contribution in [1.82, 2.24) is 5.32 Å². The number of nitrogens with two attached hydrogens (primary N) is 1. The number of oxime groups is 1. The maximum absolute atomic E-state index is 12.1. The first kappa shape index (κ1) is 15.8. The third kappa shape index (κ3) is 4.15. The lowest BCUT2D eigenvalue weighted by molar-refractivity contribution is 0.0939. The predicted molar refractivity (Wildman–Crippen MR) is 77.1 cm³/mol. The highest BCUT2D eigenvalue weighted by molar-refractivity contribution is 5.98. The van der Waals surface area contributed by atoms with Gasteiger partial charge in [-0.2, -0.15) is 0 Å². The first-order valence-corrected chi connectivity index (χ1v) is 6.50. The Morgan fingerprint density at radius 2 is 2.00 bits per heavy atom. The number of nitrogens with one attached hydrogen (secondary N) is 1. The first-order chi connectivity index (χ1) is 9.49. The lowest BCUT2D eigenvalue weighted by Gasteiger charge is -2.20. The molecule has 0 aliphatic heterocycles. The SMILES string of the molecule is CCOc1ccc(C(=O)NC(C(N)=NO)C(C)C)cc1. The summed E-state index contributed by atoms with van der Waals surface area (Å²) in [6, 6.07) is 6.28. The van der Waals surface area contributed by atoms with Crippen molar-refractivity contribution in [2.24, 2.45) is 16.8 Å². The molecule has 0 aliphatic carbocycles. The second-order valence-corrected chi connectivity index (χ2v) is 4.68. The number of ether oxygens (including phenoxy) is 1. The molecule has 1 amide bonds. The monoisotopic (exact) mass is 279 g/mol. The van der Waals surface area contributed by atoms with E-state index in [1.165, 1.54) is 0 Å². The third-order valence-corrected chi connectivity index (χ3v) is 2.81. The van der Waals surface area contributed by atoms with Crippen molar-refractivity contribution in [2.45, 2.75) is 26.8 Å². The molecular weight excluding hydrogens is 258 g/mol. The van der Waals surface area contributed by atoms with Crippen molar-refractivity contribution in [3.63, 3.8) is 0 Å². The van der Waals surface area contributed by atoms with E-state index in [0.717, 1.165) is 0 Å². The Hall–Kier alpha value is -2.24. The quantitative estimate of drug-likeness (QED) is 0.319. The number of nitrogens with zero attached hydrogens (tertiary/aromatic N) is 1. The smallest absolute Gasteiger partial charge is 0.251 e. The summed E-state index contributed by atoms with van der Waals surface area (Å²) < 4.78 is 5.31. The molecule has 1 atom stereocenters. The Labute approximate surface area is 118 Å². The van der Waals surface area contributed by atoms with Crippen LogP contribution in [-0.2, 0) is 0 Å². The van der Waals surface area contributed by atoms with Crippen molar-refractivity contribution in [1.29, 1.82) is 0 Å². The standard InChI is InChI=1S/C14H21N3O3/c1-4-20-11-7-5-10(6-8-11)14(18)16-12(9(2)3)13(15)17-19/h5-9,12,19H,4H2,1-3H3,(H2,15,17)(H,16,18). The lowest BCUT2D eigenvalue weighted by atomic mass is 10.0. The van der Waals surface area contributed by atoms with Gasteiger partial charge in [-0.05, 0) is 37.1 Å². The molecule has 0 aliphatic rings. The predicted octanol–water partition coefficient (Wildman–Crippen LogP) is 1.59. The van der Waals surface area contributed by atoms with Crippen LogP contribution in [0.4, 0.5) is 0 Å². The van der Waals surface area contributed by atoms with Gasteiger partial charge >= 0.3 is 0 Å². The molecule has 0 aromatic heterocycles. The highest BCUT2D eigenvalue weighted by Crippen LogP contribution is 2.12. The number of amides is 1. The fourth-order valence-electron chi connectivity index (χ4n) is 1.74. The average Bonchev–Trinajstić information content (AvgIpc) is 2.44. The molecule has 1 unspecified atom stereocenters. The minimum atomic E-state index is -0.515. The van der Waals surface area contributed by atoms with E-state index >= 15 is 0 Å². The molecule has 0 saturated heterocycles. The second kappa shape index (κ2) is 7.37. The molecule has 4 N–H and O–H groups in total. The van der Waals surface area contributed by atoms with E-state index in [1.54, 1.807) is 24.3 Å². The molecule has 1 rings (SSSR count).